The van der Waals surface area contributed by atoms with Crippen LogP contribution in [0.2, 0.25) is 0 Å². The molecule has 0 aliphatic rings. The maximum absolute atomic E-state index is 10.8. The Morgan fingerprint density at radius 1 is 1.20 bits per heavy atom. The van der Waals surface area contributed by atoms with Gasteiger partial charge in [0.2, 0.25) is 0 Å². The number of thioether (sulfide) groups is 1. The maximum Gasteiger partial charge on any atom is 0.136 e. The SMILES string of the molecule is CC([O])SC(C)(C)C(C)C. The van der Waals surface area contributed by atoms with E-state index in [0.29, 0.717) is 5.92 Å². The van der Waals surface area contributed by atoms with Crippen LogP contribution in [0.3, 0.4) is 0 Å². The fourth-order valence-electron chi connectivity index (χ4n) is 0.564. The predicted molar refractivity (Wildman–Crippen MR) is 46.7 cm³/mol. The highest BCUT2D eigenvalue weighted by molar-refractivity contribution is 8.01. The Kier molecular flexibility index (Phi) is 3.74. The zero-order valence-electron chi connectivity index (χ0n) is 7.47. The normalized spacial score (nSPS) is 15.9. The van der Waals surface area contributed by atoms with Crippen LogP contribution < -0.4 is 0 Å². The second-order valence-electron chi connectivity index (χ2n) is 3.44. The number of hydrogen-bond donors (Lipinski definition) is 0. The highest BCUT2D eigenvalue weighted by Gasteiger charge is 2.24. The smallest absolute Gasteiger partial charge is 0.136 e. The molecule has 1 radical (unpaired) electrons. The molecule has 61 valence electrons. The van der Waals surface area contributed by atoms with Crippen LogP contribution in [0.1, 0.15) is 34.6 Å². The molecule has 0 saturated heterocycles. The number of hydrogen-bond acceptors (Lipinski definition) is 1. The third-order valence-corrected chi connectivity index (χ3v) is 3.27. The molecule has 0 aromatic rings. The van der Waals surface area contributed by atoms with Gasteiger partial charge in [-0.05, 0) is 12.8 Å². The first-order valence-corrected chi connectivity index (χ1v) is 4.58. The van der Waals surface area contributed by atoms with Crippen molar-refractivity contribution in [1.29, 1.82) is 0 Å². The fourth-order valence-corrected chi connectivity index (χ4v) is 1.69. The van der Waals surface area contributed by atoms with Gasteiger partial charge >= 0.3 is 0 Å². The van der Waals surface area contributed by atoms with Crippen molar-refractivity contribution in [2.24, 2.45) is 5.92 Å². The van der Waals surface area contributed by atoms with Crippen LogP contribution in [0.15, 0.2) is 0 Å². The lowest BCUT2D eigenvalue weighted by Gasteiger charge is -2.28. The van der Waals surface area contributed by atoms with Crippen LogP contribution in [0.4, 0.5) is 0 Å². The molecule has 0 aliphatic heterocycles. The standard InChI is InChI=1S/C8H17OS/c1-6(2)8(4,5)10-7(3)9/h6-7H,1-5H3. The average Bonchev–Trinajstić information content (AvgIpc) is 1.60. The molecular weight excluding hydrogens is 144 g/mol. The van der Waals surface area contributed by atoms with Crippen LogP contribution in [-0.2, 0) is 5.11 Å². The average molecular weight is 161 g/mol. The monoisotopic (exact) mass is 161 g/mol. The second kappa shape index (κ2) is 3.63. The van der Waals surface area contributed by atoms with Crippen molar-refractivity contribution < 1.29 is 5.11 Å². The minimum atomic E-state index is -0.502. The minimum Gasteiger partial charge on any atom is -0.222 e. The summed E-state index contributed by atoms with van der Waals surface area (Å²) in [5, 5.41) is 10.8. The van der Waals surface area contributed by atoms with Gasteiger partial charge in [0.1, 0.15) is 5.44 Å². The Hall–Kier alpha value is 0.310. The summed E-state index contributed by atoms with van der Waals surface area (Å²) in [4.78, 5) is 0. The van der Waals surface area contributed by atoms with Crippen molar-refractivity contribution in [2.45, 2.75) is 44.8 Å². The largest absolute Gasteiger partial charge is 0.222 e. The lowest BCUT2D eigenvalue weighted by atomic mass is 10.00. The summed E-state index contributed by atoms with van der Waals surface area (Å²) >= 11 is 1.51. The van der Waals surface area contributed by atoms with Gasteiger partial charge in [0, 0.05) is 4.75 Å². The van der Waals surface area contributed by atoms with E-state index in [1.807, 2.05) is 0 Å². The Balaban J connectivity index is 3.87. The van der Waals surface area contributed by atoms with Gasteiger partial charge in [-0.3, -0.25) is 0 Å². The van der Waals surface area contributed by atoms with E-state index in [0.717, 1.165) is 0 Å². The lowest BCUT2D eigenvalue weighted by Crippen LogP contribution is -2.24. The molecule has 0 aromatic carbocycles. The zero-order valence-corrected chi connectivity index (χ0v) is 8.29. The van der Waals surface area contributed by atoms with Gasteiger partial charge in [0.05, 0.1) is 0 Å². The molecule has 0 aromatic heterocycles. The van der Waals surface area contributed by atoms with Gasteiger partial charge in [-0.15, -0.1) is 11.8 Å². The highest BCUT2D eigenvalue weighted by atomic mass is 32.2. The van der Waals surface area contributed by atoms with E-state index in [4.69, 9.17) is 0 Å². The van der Waals surface area contributed by atoms with Gasteiger partial charge in [-0.2, -0.15) is 0 Å². The van der Waals surface area contributed by atoms with Crippen LogP contribution >= 0.6 is 11.8 Å². The summed E-state index contributed by atoms with van der Waals surface area (Å²) in [7, 11) is 0. The summed E-state index contributed by atoms with van der Waals surface area (Å²) < 4.78 is 0.126. The van der Waals surface area contributed by atoms with Gasteiger partial charge in [-0.25, -0.2) is 5.11 Å². The van der Waals surface area contributed by atoms with Crippen molar-refractivity contribution in [2.75, 3.05) is 0 Å². The molecule has 0 bridgehead atoms. The minimum absolute atomic E-state index is 0.126. The van der Waals surface area contributed by atoms with Crippen LogP contribution in [0.5, 0.6) is 0 Å². The molecule has 0 fully saturated rings. The molecule has 0 amide bonds. The highest BCUT2D eigenvalue weighted by Crippen LogP contribution is 2.34. The molecular formula is C8H17OS. The number of rotatable bonds is 3. The van der Waals surface area contributed by atoms with Gasteiger partial charge in [-0.1, -0.05) is 27.7 Å². The zero-order chi connectivity index (χ0) is 8.36. The molecule has 10 heavy (non-hydrogen) atoms. The first-order chi connectivity index (χ1) is 4.36. The Morgan fingerprint density at radius 3 is 1.70 bits per heavy atom. The molecule has 0 heterocycles. The summed E-state index contributed by atoms with van der Waals surface area (Å²) in [6.45, 7) is 10.2. The third-order valence-electron chi connectivity index (χ3n) is 1.86. The molecule has 0 aliphatic carbocycles. The van der Waals surface area contributed by atoms with Crippen LogP contribution in [0, 0.1) is 5.92 Å². The van der Waals surface area contributed by atoms with Crippen molar-refractivity contribution in [3.8, 4) is 0 Å². The van der Waals surface area contributed by atoms with E-state index in [-0.39, 0.29) is 4.75 Å². The van der Waals surface area contributed by atoms with E-state index in [1.165, 1.54) is 11.8 Å². The summed E-state index contributed by atoms with van der Waals surface area (Å²) in [5.74, 6) is 0.564. The summed E-state index contributed by atoms with van der Waals surface area (Å²) in [5.41, 5.74) is -0.502. The van der Waals surface area contributed by atoms with E-state index in [9.17, 15) is 5.11 Å². The van der Waals surface area contributed by atoms with Gasteiger partial charge in [0.25, 0.3) is 0 Å². The summed E-state index contributed by atoms with van der Waals surface area (Å²) in [6, 6.07) is 0. The first kappa shape index (κ1) is 10.3. The van der Waals surface area contributed by atoms with E-state index >= 15 is 0 Å². The first-order valence-electron chi connectivity index (χ1n) is 3.70. The third kappa shape index (κ3) is 3.47. The Labute approximate surface area is 68.2 Å². The quantitative estimate of drug-likeness (QED) is 0.583. The molecule has 0 saturated carbocycles. The molecule has 1 atom stereocenters. The van der Waals surface area contributed by atoms with Crippen molar-refractivity contribution in [3.05, 3.63) is 0 Å². The lowest BCUT2D eigenvalue weighted by molar-refractivity contribution is 0.178. The maximum atomic E-state index is 10.8. The van der Waals surface area contributed by atoms with E-state index < -0.39 is 5.44 Å². The van der Waals surface area contributed by atoms with Crippen molar-refractivity contribution >= 4 is 11.8 Å². The molecule has 1 nitrogen and oxygen atoms in total. The van der Waals surface area contributed by atoms with Crippen molar-refractivity contribution in [1.82, 2.24) is 0 Å². The Morgan fingerprint density at radius 2 is 1.60 bits per heavy atom. The van der Waals surface area contributed by atoms with Crippen molar-refractivity contribution in [3.63, 3.8) is 0 Å². The Bertz CT molecular complexity index is 97.4. The molecule has 1 unspecified atom stereocenters. The summed E-state index contributed by atoms with van der Waals surface area (Å²) in [6.07, 6.45) is 0. The topological polar surface area (TPSA) is 19.9 Å². The second-order valence-corrected chi connectivity index (χ2v) is 5.40. The molecule has 0 rings (SSSR count). The van der Waals surface area contributed by atoms with Crippen LogP contribution in [0.25, 0.3) is 0 Å². The molecule has 2 heteroatoms. The molecule has 0 N–H and O–H groups in total. The molecule has 0 spiro atoms. The van der Waals surface area contributed by atoms with E-state index in [2.05, 4.69) is 27.7 Å². The van der Waals surface area contributed by atoms with Gasteiger partial charge < -0.3 is 0 Å². The fraction of sp³-hybridized carbons (Fsp3) is 1.00. The van der Waals surface area contributed by atoms with Crippen LogP contribution in [-0.4, -0.2) is 10.2 Å². The van der Waals surface area contributed by atoms with Gasteiger partial charge in [0.15, 0.2) is 0 Å². The predicted octanol–water partition coefficient (Wildman–Crippen LogP) is 2.93. The van der Waals surface area contributed by atoms with E-state index in [1.54, 1.807) is 6.92 Å².